The van der Waals surface area contributed by atoms with E-state index < -0.39 is 0 Å². The van der Waals surface area contributed by atoms with Gasteiger partial charge in [0.05, 0.1) is 4.47 Å². The van der Waals surface area contributed by atoms with Crippen LogP contribution in [-0.2, 0) is 6.54 Å². The molecule has 0 atom stereocenters. The molecule has 2 rings (SSSR count). The standard InChI is InChI=1S/C12H14Br2FN/c13-5-6-16(10-2-3-10)8-9-1-4-12(15)11(14)7-9/h1,4,7,10H,2-3,5-6,8H2. The van der Waals surface area contributed by atoms with Gasteiger partial charge in [0.1, 0.15) is 5.82 Å². The molecule has 1 saturated carbocycles. The zero-order chi connectivity index (χ0) is 11.5. The summed E-state index contributed by atoms with van der Waals surface area (Å²) in [4.78, 5) is 2.45. The minimum atomic E-state index is -0.192. The molecule has 88 valence electrons. The van der Waals surface area contributed by atoms with Crippen molar-refractivity contribution in [1.82, 2.24) is 4.90 Å². The van der Waals surface area contributed by atoms with Crippen molar-refractivity contribution in [2.24, 2.45) is 0 Å². The summed E-state index contributed by atoms with van der Waals surface area (Å²) < 4.78 is 13.6. The van der Waals surface area contributed by atoms with Crippen LogP contribution in [0.25, 0.3) is 0 Å². The molecule has 0 spiro atoms. The van der Waals surface area contributed by atoms with Crippen LogP contribution in [0.1, 0.15) is 18.4 Å². The van der Waals surface area contributed by atoms with Crippen molar-refractivity contribution in [2.75, 3.05) is 11.9 Å². The number of benzene rings is 1. The maximum atomic E-state index is 13.1. The molecule has 1 aromatic rings. The van der Waals surface area contributed by atoms with E-state index in [1.54, 1.807) is 0 Å². The van der Waals surface area contributed by atoms with Crippen molar-refractivity contribution < 1.29 is 4.39 Å². The molecule has 0 radical (unpaired) electrons. The topological polar surface area (TPSA) is 3.24 Å². The SMILES string of the molecule is Fc1ccc(CN(CCBr)C2CC2)cc1Br. The second-order valence-corrected chi connectivity index (χ2v) is 5.79. The molecule has 0 bridgehead atoms. The third kappa shape index (κ3) is 3.28. The van der Waals surface area contributed by atoms with Crippen LogP contribution in [0.4, 0.5) is 4.39 Å². The number of hydrogen-bond donors (Lipinski definition) is 0. The van der Waals surface area contributed by atoms with Gasteiger partial charge in [0.15, 0.2) is 0 Å². The van der Waals surface area contributed by atoms with E-state index in [0.717, 1.165) is 24.5 Å². The van der Waals surface area contributed by atoms with Gasteiger partial charge in [0, 0.05) is 24.5 Å². The van der Waals surface area contributed by atoms with Gasteiger partial charge in [-0.05, 0) is 46.5 Å². The Morgan fingerprint density at radius 2 is 2.12 bits per heavy atom. The third-order valence-corrected chi connectivity index (χ3v) is 3.77. The summed E-state index contributed by atoms with van der Waals surface area (Å²) >= 11 is 6.70. The third-order valence-electron chi connectivity index (χ3n) is 2.80. The van der Waals surface area contributed by atoms with Crippen LogP contribution < -0.4 is 0 Å². The summed E-state index contributed by atoms with van der Waals surface area (Å²) in [5.41, 5.74) is 1.17. The quantitative estimate of drug-likeness (QED) is 0.727. The molecule has 0 unspecified atom stereocenters. The van der Waals surface area contributed by atoms with E-state index in [4.69, 9.17) is 0 Å². The van der Waals surface area contributed by atoms with Gasteiger partial charge in [0.25, 0.3) is 0 Å². The first-order valence-corrected chi connectivity index (χ1v) is 7.36. The predicted molar refractivity (Wildman–Crippen MR) is 71.3 cm³/mol. The highest BCUT2D eigenvalue weighted by Crippen LogP contribution is 2.28. The fraction of sp³-hybridized carbons (Fsp3) is 0.500. The van der Waals surface area contributed by atoms with Gasteiger partial charge < -0.3 is 0 Å². The second-order valence-electron chi connectivity index (χ2n) is 4.14. The van der Waals surface area contributed by atoms with Gasteiger partial charge in [-0.2, -0.15) is 0 Å². The molecular weight excluding hydrogens is 337 g/mol. The molecule has 1 aliphatic carbocycles. The maximum Gasteiger partial charge on any atom is 0.137 e. The van der Waals surface area contributed by atoms with Crippen LogP contribution in [0.2, 0.25) is 0 Å². The van der Waals surface area contributed by atoms with Crippen LogP contribution in [0.15, 0.2) is 22.7 Å². The molecule has 1 aliphatic rings. The molecule has 0 N–H and O–H groups in total. The fourth-order valence-electron chi connectivity index (χ4n) is 1.81. The van der Waals surface area contributed by atoms with Crippen molar-refractivity contribution >= 4 is 31.9 Å². The average molecular weight is 351 g/mol. The molecule has 4 heteroatoms. The van der Waals surface area contributed by atoms with E-state index in [1.807, 2.05) is 12.1 Å². The van der Waals surface area contributed by atoms with Gasteiger partial charge in [0.2, 0.25) is 0 Å². The molecule has 1 fully saturated rings. The van der Waals surface area contributed by atoms with Gasteiger partial charge >= 0.3 is 0 Å². The predicted octanol–water partition coefficient (Wildman–Crippen LogP) is 3.95. The van der Waals surface area contributed by atoms with Crippen LogP contribution in [0, 0.1) is 5.82 Å². The maximum absolute atomic E-state index is 13.1. The summed E-state index contributed by atoms with van der Waals surface area (Å²) in [7, 11) is 0. The second kappa shape index (κ2) is 5.61. The lowest BCUT2D eigenvalue weighted by Gasteiger charge is -2.20. The largest absolute Gasteiger partial charge is 0.295 e. The zero-order valence-electron chi connectivity index (χ0n) is 8.93. The Kier molecular flexibility index (Phi) is 4.39. The van der Waals surface area contributed by atoms with E-state index in [-0.39, 0.29) is 5.82 Å². The van der Waals surface area contributed by atoms with Crippen LogP contribution >= 0.6 is 31.9 Å². The number of nitrogens with zero attached hydrogens (tertiary/aromatic N) is 1. The Balaban J connectivity index is 2.03. The molecule has 16 heavy (non-hydrogen) atoms. The summed E-state index contributed by atoms with van der Waals surface area (Å²) in [6.07, 6.45) is 2.60. The van der Waals surface area contributed by atoms with E-state index in [1.165, 1.54) is 24.5 Å². The lowest BCUT2D eigenvalue weighted by molar-refractivity contribution is 0.272. The van der Waals surface area contributed by atoms with Crippen LogP contribution in [0.3, 0.4) is 0 Å². The monoisotopic (exact) mass is 349 g/mol. The Morgan fingerprint density at radius 3 is 2.69 bits per heavy atom. The van der Waals surface area contributed by atoms with Gasteiger partial charge in [-0.25, -0.2) is 4.39 Å². The smallest absolute Gasteiger partial charge is 0.137 e. The summed E-state index contributed by atoms with van der Waals surface area (Å²) in [5, 5.41) is 0.992. The van der Waals surface area contributed by atoms with Crippen molar-refractivity contribution in [1.29, 1.82) is 0 Å². The summed E-state index contributed by atoms with van der Waals surface area (Å²) in [6, 6.07) is 6.00. The van der Waals surface area contributed by atoms with E-state index in [0.29, 0.717) is 4.47 Å². The Morgan fingerprint density at radius 1 is 1.38 bits per heavy atom. The van der Waals surface area contributed by atoms with Crippen molar-refractivity contribution in [3.05, 3.63) is 34.1 Å². The molecule has 0 amide bonds. The first-order chi connectivity index (χ1) is 7.70. The Bertz CT molecular complexity index is 366. The van der Waals surface area contributed by atoms with Gasteiger partial charge in [-0.1, -0.05) is 22.0 Å². The highest BCUT2D eigenvalue weighted by molar-refractivity contribution is 9.10. The molecule has 0 aliphatic heterocycles. The normalized spacial score (nSPS) is 15.8. The minimum absolute atomic E-state index is 0.192. The molecule has 0 saturated heterocycles. The lowest BCUT2D eigenvalue weighted by Crippen LogP contribution is -2.27. The molecule has 1 aromatic carbocycles. The highest BCUT2D eigenvalue weighted by atomic mass is 79.9. The van der Waals surface area contributed by atoms with Crippen LogP contribution in [-0.4, -0.2) is 22.8 Å². The van der Waals surface area contributed by atoms with E-state index >= 15 is 0 Å². The number of rotatable bonds is 5. The van der Waals surface area contributed by atoms with E-state index in [9.17, 15) is 4.39 Å². The van der Waals surface area contributed by atoms with Gasteiger partial charge in [-0.3, -0.25) is 4.90 Å². The van der Waals surface area contributed by atoms with E-state index in [2.05, 4.69) is 36.8 Å². The van der Waals surface area contributed by atoms with Crippen molar-refractivity contribution in [3.8, 4) is 0 Å². The summed E-state index contributed by atoms with van der Waals surface area (Å²) in [6.45, 7) is 1.97. The number of hydrogen-bond acceptors (Lipinski definition) is 1. The first kappa shape index (κ1) is 12.5. The molecule has 0 heterocycles. The fourth-order valence-corrected chi connectivity index (χ4v) is 2.69. The summed E-state index contributed by atoms with van der Waals surface area (Å²) in [5.74, 6) is -0.192. The van der Waals surface area contributed by atoms with Crippen molar-refractivity contribution in [2.45, 2.75) is 25.4 Å². The number of alkyl halides is 1. The molecule has 1 nitrogen and oxygen atoms in total. The van der Waals surface area contributed by atoms with Gasteiger partial charge in [-0.15, -0.1) is 0 Å². The lowest BCUT2D eigenvalue weighted by atomic mass is 10.2. The Hall–Kier alpha value is 0.0700. The minimum Gasteiger partial charge on any atom is -0.295 e. The Labute approximate surface area is 112 Å². The van der Waals surface area contributed by atoms with Crippen LogP contribution in [0.5, 0.6) is 0 Å². The number of halogens is 3. The highest BCUT2D eigenvalue weighted by Gasteiger charge is 2.28. The zero-order valence-corrected chi connectivity index (χ0v) is 12.1. The molecular formula is C12H14Br2FN. The average Bonchev–Trinajstić information content (AvgIpc) is 3.06. The first-order valence-electron chi connectivity index (χ1n) is 5.44. The van der Waals surface area contributed by atoms with Crippen molar-refractivity contribution in [3.63, 3.8) is 0 Å². The molecule has 0 aromatic heterocycles.